The van der Waals surface area contributed by atoms with Gasteiger partial charge in [0.1, 0.15) is 5.76 Å². The highest BCUT2D eigenvalue weighted by Crippen LogP contribution is 2.17. The Morgan fingerprint density at radius 1 is 1.25 bits per heavy atom. The Morgan fingerprint density at radius 3 is 2.54 bits per heavy atom. The number of aliphatic hydroxyl groups excluding tert-OH is 1. The summed E-state index contributed by atoms with van der Waals surface area (Å²) in [7, 11) is 0. The molecule has 1 N–H and O–H groups in total. The second kappa shape index (κ2) is 8.89. The van der Waals surface area contributed by atoms with Crippen LogP contribution in [0.3, 0.4) is 0 Å². The maximum Gasteiger partial charge on any atom is 0.254 e. The third kappa shape index (κ3) is 4.51. The Balaban J connectivity index is 1.77. The molecule has 0 radical (unpaired) electrons. The van der Waals surface area contributed by atoms with Crippen LogP contribution in [-0.4, -0.2) is 38.3 Å². The first-order valence-electron chi connectivity index (χ1n) is 9.56. The van der Waals surface area contributed by atoms with E-state index in [1.807, 2.05) is 61.9 Å². The molecule has 0 spiro atoms. The first kappa shape index (κ1) is 19.9. The molecule has 1 unspecified atom stereocenters. The largest absolute Gasteiger partial charge is 0.467 e. The van der Waals surface area contributed by atoms with Crippen LogP contribution in [-0.2, 0) is 13.1 Å². The smallest absolute Gasteiger partial charge is 0.254 e. The summed E-state index contributed by atoms with van der Waals surface area (Å²) in [5, 5.41) is 14.2. The summed E-state index contributed by atoms with van der Waals surface area (Å²) >= 11 is 0. The number of rotatable bonds is 8. The van der Waals surface area contributed by atoms with Crippen LogP contribution in [0.2, 0.25) is 0 Å². The van der Waals surface area contributed by atoms with E-state index >= 15 is 0 Å². The van der Waals surface area contributed by atoms with Crippen molar-refractivity contribution in [3.8, 4) is 0 Å². The molecule has 0 aliphatic rings. The van der Waals surface area contributed by atoms with Crippen molar-refractivity contribution in [1.82, 2.24) is 14.7 Å². The van der Waals surface area contributed by atoms with E-state index < -0.39 is 0 Å². The summed E-state index contributed by atoms with van der Waals surface area (Å²) in [4.78, 5) is 14.8. The molecule has 6 heteroatoms. The van der Waals surface area contributed by atoms with Crippen molar-refractivity contribution in [3.63, 3.8) is 0 Å². The molecule has 1 amide bonds. The quantitative estimate of drug-likeness (QED) is 0.648. The molecule has 1 aromatic carbocycles. The topological polar surface area (TPSA) is 71.5 Å². The Kier molecular flexibility index (Phi) is 6.31. The van der Waals surface area contributed by atoms with Crippen LogP contribution in [0, 0.1) is 13.8 Å². The Bertz CT molecular complexity index is 894. The Hall–Kier alpha value is -2.86. The highest BCUT2D eigenvalue weighted by atomic mass is 16.3. The van der Waals surface area contributed by atoms with Gasteiger partial charge in [-0.3, -0.25) is 9.48 Å². The summed E-state index contributed by atoms with van der Waals surface area (Å²) in [5.74, 6) is 0.580. The van der Waals surface area contributed by atoms with Crippen LogP contribution in [0.4, 0.5) is 0 Å². The zero-order valence-corrected chi connectivity index (χ0v) is 16.6. The number of carbonyl (C=O) groups excluding carboxylic acids is 1. The number of nitrogens with zero attached hydrogens (tertiary/aromatic N) is 3. The maximum absolute atomic E-state index is 13.1. The van der Waals surface area contributed by atoms with E-state index in [1.54, 1.807) is 17.2 Å². The summed E-state index contributed by atoms with van der Waals surface area (Å²) in [6.07, 6.45) is 2.25. The van der Waals surface area contributed by atoms with Crippen molar-refractivity contribution < 1.29 is 14.3 Å². The maximum atomic E-state index is 13.1. The summed E-state index contributed by atoms with van der Waals surface area (Å²) in [6, 6.07) is 13.0. The van der Waals surface area contributed by atoms with E-state index in [2.05, 4.69) is 5.10 Å². The number of carbonyl (C=O) groups is 1. The number of hydrogen-bond donors (Lipinski definition) is 1. The Morgan fingerprint density at radius 2 is 2.00 bits per heavy atom. The molecule has 0 aliphatic carbocycles. The van der Waals surface area contributed by atoms with Crippen LogP contribution in [0.5, 0.6) is 0 Å². The Labute approximate surface area is 165 Å². The van der Waals surface area contributed by atoms with Gasteiger partial charge in [-0.1, -0.05) is 19.1 Å². The fraction of sp³-hybridized carbons (Fsp3) is 0.364. The molecule has 148 valence electrons. The van der Waals surface area contributed by atoms with Crippen LogP contribution in [0.1, 0.15) is 46.4 Å². The fourth-order valence-electron chi connectivity index (χ4n) is 3.31. The van der Waals surface area contributed by atoms with Gasteiger partial charge in [-0.05, 0) is 56.2 Å². The van der Waals surface area contributed by atoms with Crippen molar-refractivity contribution in [1.29, 1.82) is 0 Å². The summed E-state index contributed by atoms with van der Waals surface area (Å²) < 4.78 is 7.36. The number of amides is 1. The van der Waals surface area contributed by atoms with Gasteiger partial charge in [0.25, 0.3) is 5.91 Å². The van der Waals surface area contributed by atoms with E-state index in [0.717, 1.165) is 17.0 Å². The molecule has 2 heterocycles. The van der Waals surface area contributed by atoms with E-state index in [9.17, 15) is 9.90 Å². The predicted molar refractivity (Wildman–Crippen MR) is 107 cm³/mol. The molecule has 28 heavy (non-hydrogen) atoms. The highest BCUT2D eigenvalue weighted by Gasteiger charge is 2.24. The minimum absolute atomic E-state index is 0.0844. The van der Waals surface area contributed by atoms with E-state index in [1.165, 1.54) is 0 Å². The average molecular weight is 381 g/mol. The van der Waals surface area contributed by atoms with E-state index in [-0.39, 0.29) is 18.6 Å². The molecule has 0 fully saturated rings. The van der Waals surface area contributed by atoms with Gasteiger partial charge in [0.05, 0.1) is 37.7 Å². The number of aliphatic hydroxyl groups is 1. The third-order valence-corrected chi connectivity index (χ3v) is 4.93. The zero-order valence-electron chi connectivity index (χ0n) is 16.6. The molecular formula is C22H27N3O3. The molecule has 2 aromatic heterocycles. The molecule has 0 saturated carbocycles. The molecule has 0 bridgehead atoms. The minimum atomic E-state index is -0.257. The van der Waals surface area contributed by atoms with Gasteiger partial charge >= 0.3 is 0 Å². The zero-order chi connectivity index (χ0) is 20.1. The average Bonchev–Trinajstić information content (AvgIpc) is 3.31. The van der Waals surface area contributed by atoms with Gasteiger partial charge in [-0.15, -0.1) is 0 Å². The number of hydrogen-bond acceptors (Lipinski definition) is 4. The standard InChI is InChI=1S/C22H27N3O3/c1-4-20(15-26)24(14-21-6-5-11-28-21)22(27)19-9-7-18(8-10-19)13-25-17(3)12-16(2)23-25/h5-12,20,26H,4,13-15H2,1-3H3. The predicted octanol–water partition coefficient (Wildman–Crippen LogP) is 3.55. The molecule has 0 aliphatic heterocycles. The second-order valence-corrected chi connectivity index (χ2v) is 7.04. The van der Waals surface area contributed by atoms with E-state index in [4.69, 9.17) is 4.42 Å². The lowest BCUT2D eigenvalue weighted by Crippen LogP contribution is -2.41. The summed E-state index contributed by atoms with van der Waals surface area (Å²) in [6.45, 7) is 6.88. The molecule has 6 nitrogen and oxygen atoms in total. The molecule has 1 atom stereocenters. The lowest BCUT2D eigenvalue weighted by Gasteiger charge is -2.29. The van der Waals surface area contributed by atoms with Gasteiger partial charge in [-0.25, -0.2) is 0 Å². The van der Waals surface area contributed by atoms with Gasteiger partial charge in [0.2, 0.25) is 0 Å². The van der Waals surface area contributed by atoms with Crippen LogP contribution in [0.25, 0.3) is 0 Å². The first-order valence-corrected chi connectivity index (χ1v) is 9.56. The highest BCUT2D eigenvalue weighted by molar-refractivity contribution is 5.94. The van der Waals surface area contributed by atoms with Crippen molar-refractivity contribution in [2.75, 3.05) is 6.61 Å². The lowest BCUT2D eigenvalue weighted by molar-refractivity contribution is 0.0545. The van der Waals surface area contributed by atoms with Crippen molar-refractivity contribution in [3.05, 3.63) is 77.0 Å². The SMILES string of the molecule is CCC(CO)N(Cc1ccco1)C(=O)c1ccc(Cn2nc(C)cc2C)cc1. The lowest BCUT2D eigenvalue weighted by atomic mass is 10.1. The third-order valence-electron chi connectivity index (χ3n) is 4.93. The number of benzene rings is 1. The van der Waals surface area contributed by atoms with Crippen LogP contribution >= 0.6 is 0 Å². The molecular weight excluding hydrogens is 354 g/mol. The minimum Gasteiger partial charge on any atom is -0.467 e. The van der Waals surface area contributed by atoms with Crippen LogP contribution < -0.4 is 0 Å². The normalized spacial score (nSPS) is 12.1. The summed E-state index contributed by atoms with van der Waals surface area (Å²) in [5.41, 5.74) is 3.77. The number of furan rings is 1. The molecule has 3 aromatic rings. The number of aryl methyl sites for hydroxylation is 2. The number of aromatic nitrogens is 2. The van der Waals surface area contributed by atoms with Gasteiger partial charge in [-0.2, -0.15) is 5.10 Å². The molecule has 3 rings (SSSR count). The molecule has 0 saturated heterocycles. The second-order valence-electron chi connectivity index (χ2n) is 7.04. The van der Waals surface area contributed by atoms with Gasteiger partial charge < -0.3 is 14.4 Å². The van der Waals surface area contributed by atoms with Crippen molar-refractivity contribution >= 4 is 5.91 Å². The van der Waals surface area contributed by atoms with Gasteiger partial charge in [0.15, 0.2) is 0 Å². The van der Waals surface area contributed by atoms with Crippen molar-refractivity contribution in [2.45, 2.75) is 46.3 Å². The van der Waals surface area contributed by atoms with Gasteiger partial charge in [0, 0.05) is 11.3 Å². The fourth-order valence-corrected chi connectivity index (χ4v) is 3.31. The van der Waals surface area contributed by atoms with E-state index in [0.29, 0.717) is 30.8 Å². The monoisotopic (exact) mass is 381 g/mol. The van der Waals surface area contributed by atoms with Crippen molar-refractivity contribution in [2.24, 2.45) is 0 Å². The first-order chi connectivity index (χ1) is 13.5. The van der Waals surface area contributed by atoms with Crippen LogP contribution in [0.15, 0.2) is 53.1 Å².